The van der Waals surface area contributed by atoms with Gasteiger partial charge in [0.25, 0.3) is 0 Å². The fraction of sp³-hybridized carbons (Fsp3) is 0.375. The topological polar surface area (TPSA) is 66.8 Å². The van der Waals surface area contributed by atoms with Crippen LogP contribution in [0.1, 0.15) is 18.4 Å². The molecule has 0 aromatic heterocycles. The molecule has 0 atom stereocenters. The monoisotopic (exact) mass is 307 g/mol. The zero-order valence-electron chi connectivity index (χ0n) is 12.1. The molecule has 0 aliphatic carbocycles. The van der Waals surface area contributed by atoms with E-state index in [4.69, 9.17) is 4.74 Å². The molecule has 5 nitrogen and oxygen atoms in total. The zero-order chi connectivity index (χ0) is 16.2. The minimum absolute atomic E-state index is 0.122. The Bertz CT molecular complexity index is 562. The lowest BCUT2D eigenvalue weighted by Crippen LogP contribution is -2.49. The number of amides is 1. The van der Waals surface area contributed by atoms with Crippen molar-refractivity contribution in [2.75, 3.05) is 19.7 Å². The van der Waals surface area contributed by atoms with Gasteiger partial charge in [0.1, 0.15) is 12.4 Å². The number of carboxylic acid groups (broad SMARTS) is 1. The molecule has 0 bridgehead atoms. The highest BCUT2D eigenvalue weighted by atomic mass is 19.1. The number of rotatable bonds is 4. The van der Waals surface area contributed by atoms with Crippen molar-refractivity contribution >= 4 is 12.1 Å². The van der Waals surface area contributed by atoms with Crippen LogP contribution in [-0.2, 0) is 14.9 Å². The highest BCUT2D eigenvalue weighted by molar-refractivity contribution is 5.82. The van der Waals surface area contributed by atoms with Crippen LogP contribution in [0.15, 0.2) is 36.9 Å². The number of halogens is 1. The second-order valence-electron chi connectivity index (χ2n) is 5.25. The molecule has 1 heterocycles. The van der Waals surface area contributed by atoms with Crippen LogP contribution < -0.4 is 0 Å². The third-order valence-corrected chi connectivity index (χ3v) is 4.01. The van der Waals surface area contributed by atoms with Crippen molar-refractivity contribution in [2.24, 2.45) is 0 Å². The average Bonchev–Trinajstić information content (AvgIpc) is 2.53. The molecule has 1 N–H and O–H groups in total. The van der Waals surface area contributed by atoms with Gasteiger partial charge in [-0.15, -0.1) is 0 Å². The molecule has 22 heavy (non-hydrogen) atoms. The van der Waals surface area contributed by atoms with Gasteiger partial charge in [-0.05, 0) is 30.5 Å². The SMILES string of the molecule is C=CCOC(=O)N1CCC(C(=O)O)(c2ccc(F)cc2)CC1. The Morgan fingerprint density at radius 2 is 1.91 bits per heavy atom. The third-order valence-electron chi connectivity index (χ3n) is 4.01. The van der Waals surface area contributed by atoms with Gasteiger partial charge < -0.3 is 14.7 Å². The number of aliphatic carboxylic acids is 1. The Morgan fingerprint density at radius 3 is 2.41 bits per heavy atom. The first-order chi connectivity index (χ1) is 10.5. The molecule has 1 amide bonds. The number of benzene rings is 1. The van der Waals surface area contributed by atoms with Crippen molar-refractivity contribution in [2.45, 2.75) is 18.3 Å². The summed E-state index contributed by atoms with van der Waals surface area (Å²) in [4.78, 5) is 25.0. The summed E-state index contributed by atoms with van der Waals surface area (Å²) in [6.45, 7) is 4.14. The maximum Gasteiger partial charge on any atom is 0.410 e. The fourth-order valence-electron chi connectivity index (χ4n) is 2.69. The molecule has 0 spiro atoms. The Balaban J connectivity index is 2.13. The quantitative estimate of drug-likeness (QED) is 0.868. The first kappa shape index (κ1) is 16.0. The number of likely N-dealkylation sites (tertiary alicyclic amines) is 1. The Labute approximate surface area is 128 Å². The Morgan fingerprint density at radius 1 is 1.32 bits per heavy atom. The number of piperidine rings is 1. The summed E-state index contributed by atoms with van der Waals surface area (Å²) in [6, 6.07) is 5.50. The Kier molecular flexibility index (Phi) is 4.80. The van der Waals surface area contributed by atoms with Crippen LogP contribution in [0.4, 0.5) is 9.18 Å². The molecule has 1 fully saturated rings. The van der Waals surface area contributed by atoms with E-state index in [1.54, 1.807) is 0 Å². The summed E-state index contributed by atoms with van der Waals surface area (Å²) < 4.78 is 18.0. The smallest absolute Gasteiger partial charge is 0.410 e. The molecular weight excluding hydrogens is 289 g/mol. The standard InChI is InChI=1S/C16H18FNO4/c1-2-11-22-15(21)18-9-7-16(8-10-18,14(19)20)12-3-5-13(17)6-4-12/h2-6H,1,7-11H2,(H,19,20). The summed E-state index contributed by atoms with van der Waals surface area (Å²) >= 11 is 0. The second kappa shape index (κ2) is 6.60. The van der Waals surface area contributed by atoms with Crippen LogP contribution in [0.5, 0.6) is 0 Å². The number of hydrogen-bond donors (Lipinski definition) is 1. The van der Waals surface area contributed by atoms with Gasteiger partial charge >= 0.3 is 12.1 Å². The molecule has 1 aliphatic heterocycles. The number of carbonyl (C=O) groups is 2. The molecule has 1 saturated heterocycles. The molecular formula is C16H18FNO4. The minimum Gasteiger partial charge on any atom is -0.481 e. The van der Waals surface area contributed by atoms with Crippen LogP contribution in [0, 0.1) is 5.82 Å². The predicted molar refractivity (Wildman–Crippen MR) is 78.1 cm³/mol. The normalized spacial score (nSPS) is 16.9. The third kappa shape index (κ3) is 3.10. The van der Waals surface area contributed by atoms with Crippen molar-refractivity contribution in [3.8, 4) is 0 Å². The number of ether oxygens (including phenoxy) is 1. The van der Waals surface area contributed by atoms with E-state index in [0.717, 1.165) is 0 Å². The summed E-state index contributed by atoms with van der Waals surface area (Å²) in [5, 5.41) is 9.64. The van der Waals surface area contributed by atoms with Gasteiger partial charge in [0, 0.05) is 13.1 Å². The average molecular weight is 307 g/mol. The summed E-state index contributed by atoms with van der Waals surface area (Å²) in [5.74, 6) is -1.37. The lowest BCUT2D eigenvalue weighted by atomic mass is 9.73. The zero-order valence-corrected chi connectivity index (χ0v) is 12.1. The van der Waals surface area contributed by atoms with E-state index in [1.165, 1.54) is 35.2 Å². The van der Waals surface area contributed by atoms with Crippen LogP contribution in [0.2, 0.25) is 0 Å². The van der Waals surface area contributed by atoms with E-state index in [2.05, 4.69) is 6.58 Å². The van der Waals surface area contributed by atoms with Crippen LogP contribution in [0.3, 0.4) is 0 Å². The van der Waals surface area contributed by atoms with Gasteiger partial charge in [0.15, 0.2) is 0 Å². The minimum atomic E-state index is -1.09. The molecule has 0 saturated carbocycles. The number of carboxylic acids is 1. The van der Waals surface area contributed by atoms with Crippen LogP contribution >= 0.6 is 0 Å². The van der Waals surface area contributed by atoms with E-state index in [-0.39, 0.29) is 32.5 Å². The van der Waals surface area contributed by atoms with Gasteiger partial charge in [-0.25, -0.2) is 9.18 Å². The van der Waals surface area contributed by atoms with Crippen molar-refractivity contribution < 1.29 is 23.8 Å². The van der Waals surface area contributed by atoms with E-state index in [0.29, 0.717) is 5.56 Å². The molecule has 1 aromatic rings. The van der Waals surface area contributed by atoms with E-state index in [1.807, 2.05) is 0 Å². The lowest BCUT2D eigenvalue weighted by molar-refractivity contribution is -0.145. The highest BCUT2D eigenvalue weighted by Gasteiger charge is 2.44. The van der Waals surface area contributed by atoms with Crippen molar-refractivity contribution in [1.29, 1.82) is 0 Å². The van der Waals surface area contributed by atoms with E-state index < -0.39 is 23.3 Å². The Hall–Kier alpha value is -2.37. The molecule has 2 rings (SSSR count). The molecule has 1 aromatic carbocycles. The molecule has 6 heteroatoms. The molecule has 0 radical (unpaired) electrons. The second-order valence-corrected chi connectivity index (χ2v) is 5.25. The van der Waals surface area contributed by atoms with Gasteiger partial charge in [0.2, 0.25) is 0 Å². The molecule has 1 aliphatic rings. The fourth-order valence-corrected chi connectivity index (χ4v) is 2.69. The maximum absolute atomic E-state index is 13.0. The number of nitrogens with zero attached hydrogens (tertiary/aromatic N) is 1. The molecule has 118 valence electrons. The van der Waals surface area contributed by atoms with Gasteiger partial charge in [-0.2, -0.15) is 0 Å². The summed E-state index contributed by atoms with van der Waals surface area (Å²) in [6.07, 6.45) is 1.52. The van der Waals surface area contributed by atoms with E-state index in [9.17, 15) is 19.1 Å². The van der Waals surface area contributed by atoms with Crippen molar-refractivity contribution in [3.63, 3.8) is 0 Å². The predicted octanol–water partition coefficient (Wildman–Crippen LogP) is 2.57. The van der Waals surface area contributed by atoms with E-state index >= 15 is 0 Å². The maximum atomic E-state index is 13.0. The molecule has 0 unspecified atom stereocenters. The number of carbonyl (C=O) groups excluding carboxylic acids is 1. The number of hydrogen-bond acceptors (Lipinski definition) is 3. The first-order valence-electron chi connectivity index (χ1n) is 7.01. The van der Waals surface area contributed by atoms with Crippen LogP contribution in [-0.4, -0.2) is 41.8 Å². The first-order valence-corrected chi connectivity index (χ1v) is 7.01. The summed E-state index contributed by atoms with van der Waals surface area (Å²) in [5.41, 5.74) is -0.538. The lowest BCUT2D eigenvalue weighted by Gasteiger charge is -2.38. The van der Waals surface area contributed by atoms with Crippen molar-refractivity contribution in [1.82, 2.24) is 4.90 Å². The summed E-state index contributed by atoms with van der Waals surface area (Å²) in [7, 11) is 0. The van der Waals surface area contributed by atoms with Crippen LogP contribution in [0.25, 0.3) is 0 Å². The highest BCUT2D eigenvalue weighted by Crippen LogP contribution is 2.36. The van der Waals surface area contributed by atoms with Gasteiger partial charge in [0.05, 0.1) is 5.41 Å². The van der Waals surface area contributed by atoms with Gasteiger partial charge in [-0.3, -0.25) is 4.79 Å². The van der Waals surface area contributed by atoms with Crippen molar-refractivity contribution in [3.05, 3.63) is 48.3 Å². The largest absolute Gasteiger partial charge is 0.481 e. The van der Waals surface area contributed by atoms with Gasteiger partial charge in [-0.1, -0.05) is 24.8 Å².